The molecule has 2 rings (SSSR count). The summed E-state index contributed by atoms with van der Waals surface area (Å²) in [6.45, 7) is 6.14. The van der Waals surface area contributed by atoms with Crippen LogP contribution in [0.25, 0.3) is 0 Å². The number of thiophene rings is 1. The Morgan fingerprint density at radius 2 is 1.90 bits per heavy atom. The molecule has 0 fully saturated rings. The van der Waals surface area contributed by atoms with Crippen LogP contribution in [0, 0.1) is 13.8 Å². The van der Waals surface area contributed by atoms with Crippen molar-refractivity contribution in [2.24, 2.45) is 5.73 Å². The summed E-state index contributed by atoms with van der Waals surface area (Å²) in [7, 11) is 0. The lowest BCUT2D eigenvalue weighted by molar-refractivity contribution is -0.123. The van der Waals surface area contributed by atoms with Gasteiger partial charge in [0.15, 0.2) is 0 Å². The van der Waals surface area contributed by atoms with E-state index in [-0.39, 0.29) is 11.9 Å². The Morgan fingerprint density at radius 1 is 1.25 bits per heavy atom. The van der Waals surface area contributed by atoms with Gasteiger partial charge in [0.05, 0.1) is 6.04 Å². The number of amides is 1. The summed E-state index contributed by atoms with van der Waals surface area (Å²) in [6.07, 6.45) is 0. The van der Waals surface area contributed by atoms with Crippen LogP contribution in [0.3, 0.4) is 0 Å². The van der Waals surface area contributed by atoms with E-state index < -0.39 is 6.04 Å². The Morgan fingerprint density at radius 3 is 2.45 bits per heavy atom. The second-order valence-electron chi connectivity index (χ2n) is 4.99. The van der Waals surface area contributed by atoms with Crippen LogP contribution in [0.4, 0.5) is 0 Å². The first-order valence-corrected chi connectivity index (χ1v) is 7.48. The highest BCUT2D eigenvalue weighted by atomic mass is 32.1. The van der Waals surface area contributed by atoms with E-state index in [0.717, 1.165) is 5.56 Å². The minimum absolute atomic E-state index is 0.0257. The van der Waals surface area contributed by atoms with Crippen molar-refractivity contribution >= 4 is 17.2 Å². The third kappa shape index (κ3) is 3.26. The molecule has 0 bridgehead atoms. The first-order valence-electron chi connectivity index (χ1n) is 6.67. The number of nitrogens with two attached hydrogens (primary N) is 1. The van der Waals surface area contributed by atoms with E-state index in [2.05, 4.69) is 25.2 Å². The van der Waals surface area contributed by atoms with Crippen LogP contribution in [0.15, 0.2) is 36.4 Å². The highest BCUT2D eigenvalue weighted by Crippen LogP contribution is 2.26. The molecule has 0 aliphatic heterocycles. The number of hydrogen-bond acceptors (Lipinski definition) is 3. The van der Waals surface area contributed by atoms with Crippen molar-refractivity contribution in [2.45, 2.75) is 32.9 Å². The zero-order chi connectivity index (χ0) is 14.7. The molecular weight excluding hydrogens is 268 g/mol. The molecule has 2 unspecified atom stereocenters. The largest absolute Gasteiger partial charge is 0.348 e. The number of benzene rings is 1. The lowest BCUT2D eigenvalue weighted by atomic mass is 10.1. The molecule has 0 saturated heterocycles. The Labute approximate surface area is 123 Å². The van der Waals surface area contributed by atoms with Gasteiger partial charge in [-0.05, 0) is 38.0 Å². The van der Waals surface area contributed by atoms with Gasteiger partial charge in [-0.25, -0.2) is 0 Å². The molecule has 3 N–H and O–H groups in total. The number of carbonyl (C=O) groups excluding carboxylic acids is 1. The molecule has 1 aromatic heterocycles. The van der Waals surface area contributed by atoms with E-state index in [1.807, 2.05) is 37.3 Å². The topological polar surface area (TPSA) is 55.1 Å². The third-order valence-electron chi connectivity index (χ3n) is 3.35. The molecule has 0 aliphatic rings. The summed E-state index contributed by atoms with van der Waals surface area (Å²) >= 11 is 1.75. The second kappa shape index (κ2) is 6.20. The van der Waals surface area contributed by atoms with Gasteiger partial charge in [0.25, 0.3) is 0 Å². The Bertz CT molecular complexity index is 592. The zero-order valence-corrected chi connectivity index (χ0v) is 12.8. The van der Waals surface area contributed by atoms with Gasteiger partial charge in [-0.2, -0.15) is 0 Å². The molecule has 0 radical (unpaired) electrons. The Balaban J connectivity index is 2.06. The fraction of sp³-hybridized carbons (Fsp3) is 0.312. The molecule has 2 aromatic rings. The smallest absolute Gasteiger partial charge is 0.241 e. The maximum Gasteiger partial charge on any atom is 0.241 e. The lowest BCUT2D eigenvalue weighted by Crippen LogP contribution is -2.35. The Hall–Kier alpha value is -1.65. The molecule has 20 heavy (non-hydrogen) atoms. The molecule has 0 aliphatic carbocycles. The van der Waals surface area contributed by atoms with Gasteiger partial charge in [-0.1, -0.05) is 30.3 Å². The first kappa shape index (κ1) is 14.8. The number of nitrogens with one attached hydrogen (secondary N) is 1. The van der Waals surface area contributed by atoms with Crippen molar-refractivity contribution in [1.29, 1.82) is 0 Å². The van der Waals surface area contributed by atoms with Crippen molar-refractivity contribution in [3.8, 4) is 0 Å². The minimum atomic E-state index is -0.626. The van der Waals surface area contributed by atoms with Gasteiger partial charge >= 0.3 is 0 Å². The highest BCUT2D eigenvalue weighted by molar-refractivity contribution is 7.12. The molecule has 1 aromatic carbocycles. The molecule has 2 atom stereocenters. The second-order valence-corrected chi connectivity index (χ2v) is 6.45. The van der Waals surface area contributed by atoms with E-state index in [9.17, 15) is 4.79 Å². The van der Waals surface area contributed by atoms with Crippen molar-refractivity contribution in [3.63, 3.8) is 0 Å². The van der Waals surface area contributed by atoms with Gasteiger partial charge in [-0.15, -0.1) is 11.3 Å². The minimum Gasteiger partial charge on any atom is -0.348 e. The van der Waals surface area contributed by atoms with E-state index in [1.165, 1.54) is 15.3 Å². The van der Waals surface area contributed by atoms with Crippen molar-refractivity contribution < 1.29 is 4.79 Å². The molecule has 1 amide bonds. The van der Waals surface area contributed by atoms with Crippen LogP contribution in [0.2, 0.25) is 0 Å². The fourth-order valence-electron chi connectivity index (χ4n) is 2.27. The van der Waals surface area contributed by atoms with Crippen LogP contribution >= 0.6 is 11.3 Å². The van der Waals surface area contributed by atoms with Crippen molar-refractivity contribution in [2.75, 3.05) is 0 Å². The summed E-state index contributed by atoms with van der Waals surface area (Å²) in [4.78, 5) is 14.7. The molecule has 106 valence electrons. The van der Waals surface area contributed by atoms with Crippen LogP contribution in [-0.4, -0.2) is 5.91 Å². The summed E-state index contributed by atoms with van der Waals surface area (Å²) in [6, 6.07) is 10.9. The van der Waals surface area contributed by atoms with E-state index in [0.29, 0.717) is 0 Å². The third-order valence-corrected chi connectivity index (χ3v) is 4.33. The summed E-state index contributed by atoms with van der Waals surface area (Å²) in [5.41, 5.74) is 8.00. The summed E-state index contributed by atoms with van der Waals surface area (Å²) < 4.78 is 0. The van der Waals surface area contributed by atoms with Gasteiger partial charge in [0.1, 0.15) is 6.04 Å². The number of hydrogen-bond donors (Lipinski definition) is 2. The number of aryl methyl sites for hydroxylation is 2. The predicted molar refractivity (Wildman–Crippen MR) is 83.7 cm³/mol. The molecule has 0 spiro atoms. The van der Waals surface area contributed by atoms with E-state index in [1.54, 1.807) is 11.3 Å². The van der Waals surface area contributed by atoms with Crippen molar-refractivity contribution in [1.82, 2.24) is 5.32 Å². The maximum absolute atomic E-state index is 12.2. The van der Waals surface area contributed by atoms with Gasteiger partial charge in [0, 0.05) is 9.75 Å². The quantitative estimate of drug-likeness (QED) is 0.907. The Kier molecular flexibility index (Phi) is 4.57. The molecule has 0 saturated carbocycles. The van der Waals surface area contributed by atoms with Crippen molar-refractivity contribution in [3.05, 3.63) is 57.3 Å². The maximum atomic E-state index is 12.2. The van der Waals surface area contributed by atoms with Gasteiger partial charge in [-0.3, -0.25) is 4.79 Å². The molecule has 4 heteroatoms. The fourth-order valence-corrected chi connectivity index (χ4v) is 3.30. The van der Waals surface area contributed by atoms with Crippen LogP contribution in [-0.2, 0) is 4.79 Å². The average Bonchev–Trinajstić information content (AvgIpc) is 2.78. The monoisotopic (exact) mass is 288 g/mol. The van der Waals surface area contributed by atoms with E-state index in [4.69, 9.17) is 5.73 Å². The molecule has 3 nitrogen and oxygen atoms in total. The van der Waals surface area contributed by atoms with Gasteiger partial charge < -0.3 is 11.1 Å². The zero-order valence-electron chi connectivity index (χ0n) is 12.0. The van der Waals surface area contributed by atoms with E-state index >= 15 is 0 Å². The average molecular weight is 288 g/mol. The normalized spacial score (nSPS) is 13.8. The lowest BCUT2D eigenvalue weighted by Gasteiger charge is -2.18. The first-order chi connectivity index (χ1) is 9.49. The van der Waals surface area contributed by atoms with Crippen LogP contribution in [0.1, 0.15) is 39.9 Å². The highest BCUT2D eigenvalue weighted by Gasteiger charge is 2.19. The summed E-state index contributed by atoms with van der Waals surface area (Å²) in [5, 5.41) is 2.99. The van der Waals surface area contributed by atoms with Gasteiger partial charge in [0.2, 0.25) is 5.91 Å². The molecule has 1 heterocycles. The standard InChI is InChI=1S/C16H20N2OS/c1-10-9-14(12(3)20-10)11(2)18-16(19)15(17)13-7-5-4-6-8-13/h4-9,11,15H,17H2,1-3H3,(H,18,19). The van der Waals surface area contributed by atoms with Crippen LogP contribution in [0.5, 0.6) is 0 Å². The van der Waals surface area contributed by atoms with Crippen LogP contribution < -0.4 is 11.1 Å². The number of rotatable bonds is 4. The SMILES string of the molecule is Cc1cc(C(C)NC(=O)C(N)c2ccccc2)c(C)s1. The molecular formula is C16H20N2OS. The predicted octanol–water partition coefficient (Wildman–Crippen LogP) is 3.24. The number of carbonyl (C=O) groups is 1. The summed E-state index contributed by atoms with van der Waals surface area (Å²) in [5.74, 6) is -0.146.